The number of nitrogens with zero attached hydrogens (tertiary/aromatic N) is 2. The number of methoxy groups -OCH3 is 1. The number of rotatable bonds is 4. The number of halogens is 3. The summed E-state index contributed by atoms with van der Waals surface area (Å²) in [6, 6.07) is 11.8. The van der Waals surface area contributed by atoms with Gasteiger partial charge in [0, 0.05) is 19.4 Å². The minimum absolute atomic E-state index is 0.0658. The minimum atomic E-state index is -4.44. The molecule has 1 aliphatic rings. The number of alkyl halides is 3. The van der Waals surface area contributed by atoms with E-state index in [4.69, 9.17) is 4.74 Å². The van der Waals surface area contributed by atoms with E-state index in [1.807, 2.05) is 0 Å². The molecule has 0 spiro atoms. The summed E-state index contributed by atoms with van der Waals surface area (Å²) in [7, 11) is 1.48. The van der Waals surface area contributed by atoms with Crippen LogP contribution < -0.4 is 10.3 Å². The van der Waals surface area contributed by atoms with Crippen molar-refractivity contribution in [1.82, 2.24) is 14.9 Å². The summed E-state index contributed by atoms with van der Waals surface area (Å²) in [6.07, 6.45) is -4.00. The van der Waals surface area contributed by atoms with Gasteiger partial charge in [-0.3, -0.25) is 9.59 Å². The molecule has 1 amide bonds. The third kappa shape index (κ3) is 4.37. The normalized spacial score (nSPS) is 13.6. The van der Waals surface area contributed by atoms with Gasteiger partial charge < -0.3 is 14.6 Å². The zero-order chi connectivity index (χ0) is 22.9. The van der Waals surface area contributed by atoms with Crippen molar-refractivity contribution < 1.29 is 22.7 Å². The van der Waals surface area contributed by atoms with Crippen LogP contribution in [0.4, 0.5) is 13.2 Å². The van der Waals surface area contributed by atoms with Gasteiger partial charge in [0.1, 0.15) is 11.6 Å². The Balaban J connectivity index is 1.56. The van der Waals surface area contributed by atoms with Crippen molar-refractivity contribution in [2.45, 2.75) is 25.6 Å². The number of benzene rings is 2. The molecule has 2 heterocycles. The molecule has 6 nitrogen and oxygen atoms in total. The average Bonchev–Trinajstić information content (AvgIpc) is 2.78. The Morgan fingerprint density at radius 1 is 1.19 bits per heavy atom. The molecule has 0 aliphatic carbocycles. The fourth-order valence-corrected chi connectivity index (χ4v) is 3.78. The highest BCUT2D eigenvalue weighted by atomic mass is 19.4. The number of aromatic nitrogens is 2. The molecule has 9 heteroatoms. The summed E-state index contributed by atoms with van der Waals surface area (Å²) >= 11 is 0. The standard InChI is InChI=1S/C23H20F3N3O3/c1-32-19-8-3-2-7-16(19)22(31)29-10-9-18-17(13-29)21(30)28-20(27-18)12-14-5-4-6-15(11-14)23(24,25)26/h2-8,11H,9-10,12-13H2,1H3,(H,27,28,30). The van der Waals surface area contributed by atoms with Gasteiger partial charge in [0.15, 0.2) is 0 Å². The second-order valence-corrected chi connectivity index (χ2v) is 7.49. The summed E-state index contributed by atoms with van der Waals surface area (Å²) in [5, 5.41) is 0. The number of aromatic amines is 1. The summed E-state index contributed by atoms with van der Waals surface area (Å²) in [5.41, 5.74) is 0.595. The van der Waals surface area contributed by atoms with E-state index in [2.05, 4.69) is 9.97 Å². The van der Waals surface area contributed by atoms with E-state index in [9.17, 15) is 22.8 Å². The number of para-hydroxylation sites is 1. The van der Waals surface area contributed by atoms with E-state index in [1.165, 1.54) is 13.2 Å². The number of hydrogen-bond acceptors (Lipinski definition) is 4. The van der Waals surface area contributed by atoms with Gasteiger partial charge in [-0.1, -0.05) is 30.3 Å². The summed E-state index contributed by atoms with van der Waals surface area (Å²) in [4.78, 5) is 34.3. The van der Waals surface area contributed by atoms with E-state index >= 15 is 0 Å². The number of hydrogen-bond donors (Lipinski definition) is 1. The Labute approximate surface area is 181 Å². The van der Waals surface area contributed by atoms with Crippen LogP contribution in [0.15, 0.2) is 53.3 Å². The molecule has 1 aliphatic heterocycles. The van der Waals surface area contributed by atoms with Crippen LogP contribution in [0, 0.1) is 0 Å². The molecule has 2 aromatic carbocycles. The molecule has 166 valence electrons. The maximum Gasteiger partial charge on any atom is 0.416 e. The van der Waals surface area contributed by atoms with Crippen LogP contribution in [-0.2, 0) is 25.6 Å². The fourth-order valence-electron chi connectivity index (χ4n) is 3.78. The van der Waals surface area contributed by atoms with Crippen molar-refractivity contribution in [3.63, 3.8) is 0 Å². The molecule has 1 aromatic heterocycles. The Hall–Kier alpha value is -3.62. The van der Waals surface area contributed by atoms with Gasteiger partial charge in [-0.25, -0.2) is 4.98 Å². The number of carbonyl (C=O) groups excluding carboxylic acids is 1. The quantitative estimate of drug-likeness (QED) is 0.669. The molecule has 0 atom stereocenters. The highest BCUT2D eigenvalue weighted by Crippen LogP contribution is 2.30. The molecular formula is C23H20F3N3O3. The molecule has 1 N–H and O–H groups in total. The monoisotopic (exact) mass is 443 g/mol. The minimum Gasteiger partial charge on any atom is -0.496 e. The molecule has 32 heavy (non-hydrogen) atoms. The van der Waals surface area contributed by atoms with Crippen LogP contribution >= 0.6 is 0 Å². The van der Waals surface area contributed by atoms with Crippen molar-refractivity contribution in [3.8, 4) is 5.75 Å². The zero-order valence-corrected chi connectivity index (χ0v) is 17.2. The second-order valence-electron chi connectivity index (χ2n) is 7.49. The van der Waals surface area contributed by atoms with Crippen LogP contribution in [0.25, 0.3) is 0 Å². The van der Waals surface area contributed by atoms with Gasteiger partial charge in [-0.2, -0.15) is 13.2 Å². The van der Waals surface area contributed by atoms with E-state index < -0.39 is 17.3 Å². The largest absolute Gasteiger partial charge is 0.496 e. The van der Waals surface area contributed by atoms with Gasteiger partial charge in [-0.15, -0.1) is 0 Å². The summed E-state index contributed by atoms with van der Waals surface area (Å²) < 4.78 is 44.1. The second kappa shape index (κ2) is 8.49. The number of carbonyl (C=O) groups is 1. The first-order chi connectivity index (χ1) is 15.3. The molecule has 0 unspecified atom stereocenters. The third-order valence-corrected chi connectivity index (χ3v) is 5.37. The maximum absolute atomic E-state index is 13.0. The first kappa shape index (κ1) is 21.6. The van der Waals surface area contributed by atoms with E-state index in [-0.39, 0.29) is 24.7 Å². The first-order valence-corrected chi connectivity index (χ1v) is 9.95. The van der Waals surface area contributed by atoms with E-state index in [1.54, 1.807) is 35.2 Å². The Morgan fingerprint density at radius 3 is 2.72 bits per heavy atom. The predicted octanol–water partition coefficient (Wildman–Crippen LogP) is 3.59. The molecule has 3 aromatic rings. The number of H-pyrrole nitrogens is 1. The van der Waals surface area contributed by atoms with Crippen molar-refractivity contribution >= 4 is 5.91 Å². The highest BCUT2D eigenvalue weighted by molar-refractivity contribution is 5.97. The zero-order valence-electron chi connectivity index (χ0n) is 17.2. The van der Waals surface area contributed by atoms with Crippen molar-refractivity contribution in [2.75, 3.05) is 13.7 Å². The molecule has 0 radical (unpaired) electrons. The number of fused-ring (bicyclic) bond motifs is 1. The number of amides is 1. The molecule has 4 rings (SSSR count). The maximum atomic E-state index is 13.0. The number of nitrogens with one attached hydrogen (secondary N) is 1. The molecule has 0 saturated carbocycles. The number of ether oxygens (including phenoxy) is 1. The van der Waals surface area contributed by atoms with Gasteiger partial charge in [0.25, 0.3) is 11.5 Å². The van der Waals surface area contributed by atoms with Crippen molar-refractivity contribution in [1.29, 1.82) is 0 Å². The Morgan fingerprint density at radius 2 is 1.97 bits per heavy atom. The van der Waals surface area contributed by atoms with E-state index in [0.29, 0.717) is 41.1 Å². The van der Waals surface area contributed by atoms with Gasteiger partial charge in [0.05, 0.1) is 36.0 Å². The summed E-state index contributed by atoms with van der Waals surface area (Å²) in [6.45, 7) is 0.460. The molecule has 0 fully saturated rings. The van der Waals surface area contributed by atoms with Crippen LogP contribution in [0.1, 0.15) is 38.6 Å². The van der Waals surface area contributed by atoms with E-state index in [0.717, 1.165) is 12.1 Å². The van der Waals surface area contributed by atoms with Crippen molar-refractivity contribution in [3.05, 3.63) is 92.7 Å². The Bertz CT molecular complexity index is 1220. The van der Waals surface area contributed by atoms with Crippen LogP contribution in [0.2, 0.25) is 0 Å². The van der Waals surface area contributed by atoms with Gasteiger partial charge in [-0.05, 0) is 23.8 Å². The lowest BCUT2D eigenvalue weighted by Crippen LogP contribution is -2.40. The predicted molar refractivity (Wildman–Crippen MR) is 111 cm³/mol. The van der Waals surface area contributed by atoms with Gasteiger partial charge in [0.2, 0.25) is 0 Å². The topological polar surface area (TPSA) is 75.3 Å². The summed E-state index contributed by atoms with van der Waals surface area (Å²) in [5.74, 6) is 0.491. The molecule has 0 bridgehead atoms. The van der Waals surface area contributed by atoms with Crippen LogP contribution in [0.5, 0.6) is 5.75 Å². The van der Waals surface area contributed by atoms with Crippen LogP contribution in [-0.4, -0.2) is 34.4 Å². The molecular weight excluding hydrogens is 423 g/mol. The third-order valence-electron chi connectivity index (χ3n) is 5.37. The van der Waals surface area contributed by atoms with Crippen molar-refractivity contribution in [2.24, 2.45) is 0 Å². The Kier molecular flexibility index (Phi) is 5.73. The van der Waals surface area contributed by atoms with Crippen LogP contribution in [0.3, 0.4) is 0 Å². The first-order valence-electron chi connectivity index (χ1n) is 9.95. The smallest absolute Gasteiger partial charge is 0.416 e. The SMILES string of the molecule is COc1ccccc1C(=O)N1CCc2nc(Cc3cccc(C(F)(F)F)c3)[nH]c(=O)c2C1. The fraction of sp³-hybridized carbons (Fsp3) is 0.261. The lowest BCUT2D eigenvalue weighted by molar-refractivity contribution is -0.137. The lowest BCUT2D eigenvalue weighted by atomic mass is 10.0. The molecule has 0 saturated heterocycles. The highest BCUT2D eigenvalue weighted by Gasteiger charge is 2.30. The van der Waals surface area contributed by atoms with Gasteiger partial charge >= 0.3 is 6.18 Å². The average molecular weight is 443 g/mol. The lowest BCUT2D eigenvalue weighted by Gasteiger charge is -2.28.